The molecule has 2 heterocycles. The van der Waals surface area contributed by atoms with Gasteiger partial charge in [0.2, 0.25) is 5.91 Å². The van der Waals surface area contributed by atoms with Crippen LogP contribution in [0.25, 0.3) is 0 Å². The molecule has 0 saturated carbocycles. The summed E-state index contributed by atoms with van der Waals surface area (Å²) in [4.78, 5) is 13.9. The Kier molecular flexibility index (Phi) is 3.76. The zero-order valence-corrected chi connectivity index (χ0v) is 12.9. The second-order valence-electron chi connectivity index (χ2n) is 6.83. The highest BCUT2D eigenvalue weighted by Gasteiger charge is 2.33. The first-order valence-corrected chi connectivity index (χ1v) is 7.75. The van der Waals surface area contributed by atoms with Crippen LogP contribution < -0.4 is 5.73 Å². The minimum atomic E-state index is -0.318. The summed E-state index contributed by atoms with van der Waals surface area (Å²) in [5, 5.41) is 0. The Morgan fingerprint density at radius 1 is 1.48 bits per heavy atom. The second-order valence-corrected chi connectivity index (χ2v) is 6.83. The molecule has 2 aliphatic rings. The van der Waals surface area contributed by atoms with Crippen LogP contribution in [0.15, 0.2) is 18.2 Å². The van der Waals surface area contributed by atoms with Gasteiger partial charge in [-0.25, -0.2) is 0 Å². The predicted octanol–water partition coefficient (Wildman–Crippen LogP) is 2.10. The molecule has 0 aliphatic carbocycles. The van der Waals surface area contributed by atoms with Gasteiger partial charge in [0.1, 0.15) is 0 Å². The van der Waals surface area contributed by atoms with Crippen molar-refractivity contribution in [1.29, 1.82) is 0 Å². The van der Waals surface area contributed by atoms with Crippen LogP contribution in [0, 0.1) is 0 Å². The molecule has 1 fully saturated rings. The van der Waals surface area contributed by atoms with Gasteiger partial charge < -0.3 is 10.5 Å². The summed E-state index contributed by atoms with van der Waals surface area (Å²) >= 11 is 0. The maximum Gasteiger partial charge on any atom is 0.248 e. The minimum Gasteiger partial charge on any atom is -0.371 e. The highest BCUT2D eigenvalue weighted by atomic mass is 16.5. The number of nitrogens with zero attached hydrogens (tertiary/aromatic N) is 1. The van der Waals surface area contributed by atoms with Crippen LogP contribution in [0.4, 0.5) is 0 Å². The van der Waals surface area contributed by atoms with Crippen molar-refractivity contribution >= 4 is 5.91 Å². The summed E-state index contributed by atoms with van der Waals surface area (Å²) in [5.74, 6) is -0.318. The Labute approximate surface area is 126 Å². The maximum absolute atomic E-state index is 11.5. The van der Waals surface area contributed by atoms with Gasteiger partial charge in [-0.3, -0.25) is 9.69 Å². The predicted molar refractivity (Wildman–Crippen MR) is 82.1 cm³/mol. The Morgan fingerprint density at radius 2 is 2.29 bits per heavy atom. The molecular formula is C17H24N2O2. The smallest absolute Gasteiger partial charge is 0.248 e. The fraction of sp³-hybridized carbons (Fsp3) is 0.588. The van der Waals surface area contributed by atoms with Crippen LogP contribution in [0.1, 0.15) is 48.2 Å². The van der Waals surface area contributed by atoms with Crippen LogP contribution in [-0.2, 0) is 17.7 Å². The normalized spacial score (nSPS) is 24.8. The van der Waals surface area contributed by atoms with Gasteiger partial charge in [-0.05, 0) is 50.3 Å². The summed E-state index contributed by atoms with van der Waals surface area (Å²) in [7, 11) is 0. The van der Waals surface area contributed by atoms with Crippen molar-refractivity contribution in [2.45, 2.75) is 51.4 Å². The van der Waals surface area contributed by atoms with Crippen LogP contribution in [0.5, 0.6) is 0 Å². The van der Waals surface area contributed by atoms with Gasteiger partial charge in [-0.15, -0.1) is 0 Å². The van der Waals surface area contributed by atoms with Crippen LogP contribution in [-0.4, -0.2) is 35.6 Å². The SMILES string of the molecule is CC1(C)CCC(CN2CCc3c(cccc3C(N)=O)C2)O1. The zero-order valence-electron chi connectivity index (χ0n) is 12.9. The summed E-state index contributed by atoms with van der Waals surface area (Å²) in [6.07, 6.45) is 3.50. The third kappa shape index (κ3) is 3.11. The van der Waals surface area contributed by atoms with Crippen molar-refractivity contribution < 1.29 is 9.53 Å². The van der Waals surface area contributed by atoms with Crippen LogP contribution >= 0.6 is 0 Å². The van der Waals surface area contributed by atoms with Gasteiger partial charge >= 0.3 is 0 Å². The molecule has 1 amide bonds. The molecule has 3 rings (SSSR count). The number of nitrogens with two attached hydrogens (primary N) is 1. The van der Waals surface area contributed by atoms with Gasteiger partial charge in [0, 0.05) is 25.2 Å². The maximum atomic E-state index is 11.5. The molecule has 1 saturated heterocycles. The minimum absolute atomic E-state index is 0.0253. The third-order valence-corrected chi connectivity index (χ3v) is 4.63. The molecule has 0 spiro atoms. The van der Waals surface area contributed by atoms with Crippen molar-refractivity contribution in [3.05, 3.63) is 34.9 Å². The number of carbonyl (C=O) groups is 1. The van der Waals surface area contributed by atoms with E-state index in [-0.39, 0.29) is 11.5 Å². The van der Waals surface area contributed by atoms with E-state index in [0.29, 0.717) is 11.7 Å². The van der Waals surface area contributed by atoms with E-state index >= 15 is 0 Å². The molecule has 1 atom stereocenters. The summed E-state index contributed by atoms with van der Waals surface area (Å²) in [6.45, 7) is 7.16. The lowest BCUT2D eigenvalue weighted by molar-refractivity contribution is -0.0301. The molecule has 1 unspecified atom stereocenters. The molecular weight excluding hydrogens is 264 g/mol. The van der Waals surface area contributed by atoms with Crippen molar-refractivity contribution in [2.75, 3.05) is 13.1 Å². The lowest BCUT2D eigenvalue weighted by atomic mass is 9.94. The van der Waals surface area contributed by atoms with E-state index in [1.54, 1.807) is 0 Å². The molecule has 21 heavy (non-hydrogen) atoms. The van der Waals surface area contributed by atoms with Crippen LogP contribution in [0.3, 0.4) is 0 Å². The monoisotopic (exact) mass is 288 g/mol. The number of ether oxygens (including phenoxy) is 1. The largest absolute Gasteiger partial charge is 0.371 e. The number of hydrogen-bond donors (Lipinski definition) is 1. The Bertz CT molecular complexity index is 554. The number of fused-ring (bicyclic) bond motifs is 1. The van der Waals surface area contributed by atoms with E-state index in [1.807, 2.05) is 12.1 Å². The third-order valence-electron chi connectivity index (χ3n) is 4.63. The lowest BCUT2D eigenvalue weighted by Crippen LogP contribution is -2.38. The molecule has 1 aromatic carbocycles. The van der Waals surface area contributed by atoms with E-state index < -0.39 is 0 Å². The zero-order chi connectivity index (χ0) is 15.0. The number of hydrogen-bond acceptors (Lipinski definition) is 3. The van der Waals surface area contributed by atoms with E-state index in [2.05, 4.69) is 24.8 Å². The molecule has 1 aromatic rings. The highest BCUT2D eigenvalue weighted by Crippen LogP contribution is 2.31. The van der Waals surface area contributed by atoms with E-state index in [1.165, 1.54) is 5.56 Å². The summed E-state index contributed by atoms with van der Waals surface area (Å²) < 4.78 is 6.09. The molecule has 2 N–H and O–H groups in total. The first-order chi connectivity index (χ1) is 9.94. The second kappa shape index (κ2) is 5.43. The Hall–Kier alpha value is -1.39. The Balaban J connectivity index is 1.68. The van der Waals surface area contributed by atoms with Crippen molar-refractivity contribution in [3.8, 4) is 0 Å². The fourth-order valence-electron chi connectivity index (χ4n) is 3.55. The van der Waals surface area contributed by atoms with Crippen molar-refractivity contribution in [1.82, 2.24) is 4.90 Å². The van der Waals surface area contributed by atoms with E-state index in [9.17, 15) is 4.79 Å². The molecule has 4 nitrogen and oxygen atoms in total. The highest BCUT2D eigenvalue weighted by molar-refractivity contribution is 5.94. The number of benzene rings is 1. The van der Waals surface area contributed by atoms with Crippen LogP contribution in [0.2, 0.25) is 0 Å². The first kappa shape index (κ1) is 14.5. The average Bonchev–Trinajstić information content (AvgIpc) is 2.76. The summed E-state index contributed by atoms with van der Waals surface area (Å²) in [5.41, 5.74) is 8.54. The quantitative estimate of drug-likeness (QED) is 0.926. The first-order valence-electron chi connectivity index (χ1n) is 7.75. The molecule has 4 heteroatoms. The molecule has 114 valence electrons. The van der Waals surface area contributed by atoms with Crippen molar-refractivity contribution in [3.63, 3.8) is 0 Å². The molecule has 2 aliphatic heterocycles. The van der Waals surface area contributed by atoms with Crippen molar-refractivity contribution in [2.24, 2.45) is 5.73 Å². The topological polar surface area (TPSA) is 55.6 Å². The number of carbonyl (C=O) groups excluding carboxylic acids is 1. The van der Waals surface area contributed by atoms with Gasteiger partial charge in [-0.1, -0.05) is 12.1 Å². The average molecular weight is 288 g/mol. The number of primary amides is 1. The standard InChI is InChI=1S/C17H24N2O2/c1-17(2)8-6-13(21-17)11-19-9-7-14-12(10-19)4-3-5-15(14)16(18)20/h3-5,13H,6-11H2,1-2H3,(H2,18,20). The number of rotatable bonds is 3. The number of amides is 1. The van der Waals surface area contributed by atoms with Gasteiger partial charge in [-0.2, -0.15) is 0 Å². The lowest BCUT2D eigenvalue weighted by Gasteiger charge is -2.32. The fourth-order valence-corrected chi connectivity index (χ4v) is 3.55. The van der Waals surface area contributed by atoms with Gasteiger partial charge in [0.25, 0.3) is 0 Å². The molecule has 0 aromatic heterocycles. The summed E-state index contributed by atoms with van der Waals surface area (Å²) in [6, 6.07) is 5.87. The van der Waals surface area contributed by atoms with Gasteiger partial charge in [0.05, 0.1) is 11.7 Å². The van der Waals surface area contributed by atoms with E-state index in [0.717, 1.165) is 44.5 Å². The molecule has 0 bridgehead atoms. The molecule has 0 radical (unpaired) electrons. The Morgan fingerprint density at radius 3 is 2.95 bits per heavy atom. The van der Waals surface area contributed by atoms with E-state index in [4.69, 9.17) is 10.5 Å². The van der Waals surface area contributed by atoms with Gasteiger partial charge in [0.15, 0.2) is 0 Å².